The van der Waals surface area contributed by atoms with Gasteiger partial charge in [0.2, 0.25) is 5.91 Å². The van der Waals surface area contributed by atoms with E-state index in [0.29, 0.717) is 6.54 Å². The van der Waals surface area contributed by atoms with Crippen LogP contribution in [0.2, 0.25) is 0 Å². The minimum Gasteiger partial charge on any atom is -0.467 e. The molecule has 2 aromatic rings. The van der Waals surface area contributed by atoms with E-state index in [2.05, 4.69) is 22.3 Å². The van der Waals surface area contributed by atoms with E-state index in [0.717, 1.165) is 43.1 Å². The number of para-hydroxylation sites is 2. The minimum absolute atomic E-state index is 0.0134. The molecule has 0 spiro atoms. The summed E-state index contributed by atoms with van der Waals surface area (Å²) in [5.41, 5.74) is 7.65. The van der Waals surface area contributed by atoms with Gasteiger partial charge in [-0.05, 0) is 37.1 Å². The molecule has 1 aromatic heterocycles. The lowest BCUT2D eigenvalue weighted by molar-refractivity contribution is -0.122. The van der Waals surface area contributed by atoms with Crippen molar-refractivity contribution in [2.75, 3.05) is 23.3 Å². The number of furan rings is 1. The maximum atomic E-state index is 11.3. The molecule has 1 aromatic carbocycles. The zero-order valence-electron chi connectivity index (χ0n) is 12.5. The van der Waals surface area contributed by atoms with Gasteiger partial charge in [0.15, 0.2) is 0 Å². The van der Waals surface area contributed by atoms with Crippen LogP contribution in [0.5, 0.6) is 0 Å². The molecule has 5 nitrogen and oxygen atoms in total. The third-order valence-corrected chi connectivity index (χ3v) is 4.18. The molecule has 3 N–H and O–H groups in total. The van der Waals surface area contributed by atoms with Gasteiger partial charge in [-0.3, -0.25) is 4.79 Å². The molecule has 1 saturated heterocycles. The molecule has 0 radical (unpaired) electrons. The standard InChI is InChI=1S/C17H21N3O2/c18-17(21)13-7-9-20(10-8-13)16-6-2-1-5-15(16)19-12-14-4-3-11-22-14/h1-6,11,13,19H,7-10,12H2,(H2,18,21). The second kappa shape index (κ2) is 6.56. The number of hydrogen-bond donors (Lipinski definition) is 2. The van der Waals surface area contributed by atoms with Gasteiger partial charge in [0.05, 0.1) is 24.2 Å². The normalized spacial score (nSPS) is 15.7. The predicted octanol–water partition coefficient (Wildman–Crippen LogP) is 2.59. The van der Waals surface area contributed by atoms with Crippen molar-refractivity contribution >= 4 is 17.3 Å². The first-order valence-corrected chi connectivity index (χ1v) is 7.63. The second-order valence-corrected chi connectivity index (χ2v) is 5.61. The van der Waals surface area contributed by atoms with Crippen molar-refractivity contribution < 1.29 is 9.21 Å². The number of hydrogen-bond acceptors (Lipinski definition) is 4. The van der Waals surface area contributed by atoms with E-state index in [1.54, 1.807) is 6.26 Å². The lowest BCUT2D eigenvalue weighted by Crippen LogP contribution is -2.38. The average molecular weight is 299 g/mol. The molecule has 2 heterocycles. The topological polar surface area (TPSA) is 71.5 Å². The van der Waals surface area contributed by atoms with Crippen LogP contribution in [0.25, 0.3) is 0 Å². The van der Waals surface area contributed by atoms with Crippen LogP contribution in [0, 0.1) is 5.92 Å². The number of nitrogens with one attached hydrogen (secondary N) is 1. The third-order valence-electron chi connectivity index (χ3n) is 4.18. The van der Waals surface area contributed by atoms with E-state index in [1.807, 2.05) is 24.3 Å². The molecule has 1 aliphatic heterocycles. The van der Waals surface area contributed by atoms with Gasteiger partial charge in [0, 0.05) is 19.0 Å². The van der Waals surface area contributed by atoms with E-state index in [4.69, 9.17) is 10.2 Å². The third kappa shape index (κ3) is 3.24. The number of carbonyl (C=O) groups is 1. The van der Waals surface area contributed by atoms with Crippen LogP contribution in [-0.4, -0.2) is 19.0 Å². The molecular weight excluding hydrogens is 278 g/mol. The molecule has 22 heavy (non-hydrogen) atoms. The molecule has 116 valence electrons. The maximum Gasteiger partial charge on any atom is 0.220 e. The van der Waals surface area contributed by atoms with Gasteiger partial charge in [0.25, 0.3) is 0 Å². The zero-order chi connectivity index (χ0) is 15.4. The largest absolute Gasteiger partial charge is 0.467 e. The number of primary amides is 1. The first-order valence-electron chi connectivity index (χ1n) is 7.63. The van der Waals surface area contributed by atoms with Crippen LogP contribution in [0.15, 0.2) is 47.1 Å². The Balaban J connectivity index is 1.67. The van der Waals surface area contributed by atoms with Gasteiger partial charge in [0.1, 0.15) is 5.76 Å². The molecule has 0 aliphatic carbocycles. The summed E-state index contributed by atoms with van der Waals surface area (Å²) in [5.74, 6) is 0.741. The number of nitrogens with two attached hydrogens (primary N) is 1. The van der Waals surface area contributed by atoms with Gasteiger partial charge < -0.3 is 20.4 Å². The number of piperidine rings is 1. The monoisotopic (exact) mass is 299 g/mol. The molecule has 0 atom stereocenters. The van der Waals surface area contributed by atoms with Gasteiger partial charge in [-0.2, -0.15) is 0 Å². The molecule has 0 unspecified atom stereocenters. The highest BCUT2D eigenvalue weighted by molar-refractivity contribution is 5.77. The van der Waals surface area contributed by atoms with Crippen LogP contribution in [0.3, 0.4) is 0 Å². The Hall–Kier alpha value is -2.43. The Kier molecular flexibility index (Phi) is 4.32. The minimum atomic E-state index is -0.177. The highest BCUT2D eigenvalue weighted by Gasteiger charge is 2.24. The van der Waals surface area contributed by atoms with Crippen LogP contribution in [0.4, 0.5) is 11.4 Å². The Morgan fingerprint density at radius 1 is 1.23 bits per heavy atom. The first-order chi connectivity index (χ1) is 10.7. The lowest BCUT2D eigenvalue weighted by atomic mass is 9.96. The van der Waals surface area contributed by atoms with Crippen molar-refractivity contribution in [1.29, 1.82) is 0 Å². The van der Waals surface area contributed by atoms with E-state index in [1.165, 1.54) is 0 Å². The maximum absolute atomic E-state index is 11.3. The van der Waals surface area contributed by atoms with Crippen LogP contribution in [-0.2, 0) is 11.3 Å². The lowest BCUT2D eigenvalue weighted by Gasteiger charge is -2.33. The van der Waals surface area contributed by atoms with Gasteiger partial charge >= 0.3 is 0 Å². The van der Waals surface area contributed by atoms with E-state index < -0.39 is 0 Å². The quantitative estimate of drug-likeness (QED) is 0.890. The molecule has 1 aliphatic rings. The number of nitrogens with zero attached hydrogens (tertiary/aromatic N) is 1. The van der Waals surface area contributed by atoms with Crippen molar-refractivity contribution in [2.45, 2.75) is 19.4 Å². The van der Waals surface area contributed by atoms with Crippen LogP contribution in [0.1, 0.15) is 18.6 Å². The fraction of sp³-hybridized carbons (Fsp3) is 0.353. The Morgan fingerprint density at radius 3 is 2.68 bits per heavy atom. The summed E-state index contributed by atoms with van der Waals surface area (Å²) < 4.78 is 5.35. The van der Waals surface area contributed by atoms with Crippen molar-refractivity contribution in [2.24, 2.45) is 11.7 Å². The molecule has 3 rings (SSSR count). The molecule has 0 bridgehead atoms. The molecule has 1 fully saturated rings. The number of anilines is 2. The number of carbonyl (C=O) groups excluding carboxylic acids is 1. The summed E-state index contributed by atoms with van der Waals surface area (Å²) in [5, 5.41) is 3.42. The van der Waals surface area contributed by atoms with Crippen molar-refractivity contribution in [3.63, 3.8) is 0 Å². The Labute approximate surface area is 130 Å². The summed E-state index contributed by atoms with van der Waals surface area (Å²) in [6.07, 6.45) is 3.32. The summed E-state index contributed by atoms with van der Waals surface area (Å²) >= 11 is 0. The van der Waals surface area contributed by atoms with Gasteiger partial charge in [-0.25, -0.2) is 0 Å². The second-order valence-electron chi connectivity index (χ2n) is 5.61. The SMILES string of the molecule is NC(=O)C1CCN(c2ccccc2NCc2ccco2)CC1. The van der Waals surface area contributed by atoms with Crippen molar-refractivity contribution in [3.8, 4) is 0 Å². The predicted molar refractivity (Wildman–Crippen MR) is 86.6 cm³/mol. The Bertz CT molecular complexity index is 617. The summed E-state index contributed by atoms with van der Waals surface area (Å²) in [7, 11) is 0. The van der Waals surface area contributed by atoms with Crippen molar-refractivity contribution in [1.82, 2.24) is 0 Å². The smallest absolute Gasteiger partial charge is 0.220 e. The number of benzene rings is 1. The van der Waals surface area contributed by atoms with Crippen LogP contribution < -0.4 is 16.0 Å². The van der Waals surface area contributed by atoms with Crippen molar-refractivity contribution in [3.05, 3.63) is 48.4 Å². The van der Waals surface area contributed by atoms with Crippen LogP contribution >= 0.6 is 0 Å². The molecular formula is C17H21N3O2. The molecule has 1 amide bonds. The van der Waals surface area contributed by atoms with Gasteiger partial charge in [-0.1, -0.05) is 12.1 Å². The summed E-state index contributed by atoms with van der Waals surface area (Å²) in [4.78, 5) is 13.6. The zero-order valence-corrected chi connectivity index (χ0v) is 12.5. The molecule has 5 heteroatoms. The fourth-order valence-corrected chi connectivity index (χ4v) is 2.90. The summed E-state index contributed by atoms with van der Waals surface area (Å²) in [6, 6.07) is 12.1. The Morgan fingerprint density at radius 2 is 2.00 bits per heavy atom. The average Bonchev–Trinajstić information content (AvgIpc) is 3.07. The highest BCUT2D eigenvalue weighted by atomic mass is 16.3. The van der Waals surface area contributed by atoms with Gasteiger partial charge in [-0.15, -0.1) is 0 Å². The summed E-state index contributed by atoms with van der Waals surface area (Å²) in [6.45, 7) is 2.36. The fourth-order valence-electron chi connectivity index (χ4n) is 2.90. The van der Waals surface area contributed by atoms with E-state index in [-0.39, 0.29) is 11.8 Å². The van der Waals surface area contributed by atoms with E-state index >= 15 is 0 Å². The number of amides is 1. The first kappa shape index (κ1) is 14.5. The highest BCUT2D eigenvalue weighted by Crippen LogP contribution is 2.30. The van der Waals surface area contributed by atoms with E-state index in [9.17, 15) is 4.79 Å². The number of rotatable bonds is 5. The molecule has 0 saturated carbocycles.